The number of fused-ring (bicyclic) bond motifs is 3. The lowest BCUT2D eigenvalue weighted by Gasteiger charge is -2.53. The quantitative estimate of drug-likeness (QED) is 0.355. The van der Waals surface area contributed by atoms with Gasteiger partial charge < -0.3 is 0 Å². The highest BCUT2D eigenvalue weighted by Crippen LogP contribution is 2.64. The van der Waals surface area contributed by atoms with Crippen LogP contribution in [0, 0.1) is 35.0 Å². The lowest BCUT2D eigenvalue weighted by atomic mass is 9.51. The molecule has 0 heterocycles. The van der Waals surface area contributed by atoms with Crippen LogP contribution < -0.4 is 0 Å². The Balaban J connectivity index is 1.86. The average molecular weight is 315 g/mol. The SMILES string of the molecule is C=C(C)C1CCC2C3CC/C(=C/C=O)C(CCC)C3CCC12C. The summed E-state index contributed by atoms with van der Waals surface area (Å²) in [6.45, 7) is 11.4. The summed E-state index contributed by atoms with van der Waals surface area (Å²) in [4.78, 5) is 11.0. The van der Waals surface area contributed by atoms with Gasteiger partial charge in [-0.25, -0.2) is 0 Å². The van der Waals surface area contributed by atoms with E-state index in [0.717, 1.165) is 36.4 Å². The normalized spacial score (nSPS) is 44.7. The van der Waals surface area contributed by atoms with Crippen molar-refractivity contribution in [2.75, 3.05) is 0 Å². The third kappa shape index (κ3) is 2.75. The second kappa shape index (κ2) is 6.57. The summed E-state index contributed by atoms with van der Waals surface area (Å²) in [7, 11) is 0. The molecular weight excluding hydrogens is 280 g/mol. The molecule has 1 nitrogen and oxygen atoms in total. The van der Waals surface area contributed by atoms with E-state index in [0.29, 0.717) is 11.3 Å². The maximum absolute atomic E-state index is 11.0. The zero-order valence-electron chi connectivity index (χ0n) is 15.3. The Bertz CT molecular complexity index is 502. The van der Waals surface area contributed by atoms with Crippen molar-refractivity contribution in [1.82, 2.24) is 0 Å². The zero-order chi connectivity index (χ0) is 16.6. The van der Waals surface area contributed by atoms with Crippen molar-refractivity contribution in [3.05, 3.63) is 23.8 Å². The molecule has 0 aromatic heterocycles. The highest BCUT2D eigenvalue weighted by molar-refractivity contribution is 5.66. The van der Waals surface area contributed by atoms with Crippen molar-refractivity contribution >= 4 is 6.29 Å². The maximum atomic E-state index is 11.0. The predicted octanol–water partition coefficient (Wildman–Crippen LogP) is 5.96. The first-order valence-electron chi connectivity index (χ1n) is 9.82. The largest absolute Gasteiger partial charge is 0.299 e. The Labute approximate surface area is 142 Å². The van der Waals surface area contributed by atoms with Crippen LogP contribution in [-0.2, 0) is 4.79 Å². The molecule has 1 heteroatoms. The minimum absolute atomic E-state index is 0.496. The summed E-state index contributed by atoms with van der Waals surface area (Å²) in [5.74, 6) is 4.03. The molecule has 0 radical (unpaired) electrons. The molecule has 6 unspecified atom stereocenters. The number of carbonyl (C=O) groups is 1. The maximum Gasteiger partial charge on any atom is 0.142 e. The summed E-state index contributed by atoms with van der Waals surface area (Å²) < 4.78 is 0. The smallest absolute Gasteiger partial charge is 0.142 e. The lowest BCUT2D eigenvalue weighted by molar-refractivity contribution is -0.104. The fourth-order valence-electron chi connectivity index (χ4n) is 6.84. The van der Waals surface area contributed by atoms with Crippen LogP contribution in [0.25, 0.3) is 0 Å². The second-order valence-corrected chi connectivity index (χ2v) is 8.77. The van der Waals surface area contributed by atoms with E-state index in [2.05, 4.69) is 27.4 Å². The molecule has 23 heavy (non-hydrogen) atoms. The lowest BCUT2D eigenvalue weighted by Crippen LogP contribution is -2.45. The van der Waals surface area contributed by atoms with Crippen molar-refractivity contribution in [3.8, 4) is 0 Å². The van der Waals surface area contributed by atoms with E-state index in [-0.39, 0.29) is 0 Å². The van der Waals surface area contributed by atoms with E-state index in [1.54, 1.807) is 0 Å². The molecule has 0 bridgehead atoms. The number of hydrogen-bond donors (Lipinski definition) is 0. The van der Waals surface area contributed by atoms with Gasteiger partial charge >= 0.3 is 0 Å². The van der Waals surface area contributed by atoms with E-state index in [1.165, 1.54) is 56.1 Å². The number of carbonyl (C=O) groups excluding carboxylic acids is 1. The van der Waals surface area contributed by atoms with Crippen molar-refractivity contribution in [2.45, 2.75) is 72.1 Å². The van der Waals surface area contributed by atoms with Crippen LogP contribution in [0.5, 0.6) is 0 Å². The van der Waals surface area contributed by atoms with Gasteiger partial charge in [-0.3, -0.25) is 4.79 Å². The third-order valence-corrected chi connectivity index (χ3v) is 7.73. The molecule has 3 saturated carbocycles. The molecule has 0 aromatic rings. The standard InChI is InChI=1S/C22H34O/c1-5-6-17-16(12-14-23)7-8-19-18(17)11-13-22(4)20(15(2)3)9-10-21(19)22/h12,14,17-21H,2,5-11,13H2,1,3-4H3/b16-12-. The molecule has 3 aliphatic carbocycles. The summed E-state index contributed by atoms with van der Waals surface area (Å²) in [5.41, 5.74) is 3.37. The molecule has 3 fully saturated rings. The molecule has 0 amide bonds. The van der Waals surface area contributed by atoms with Crippen LogP contribution in [0.4, 0.5) is 0 Å². The van der Waals surface area contributed by atoms with Crippen LogP contribution in [0.3, 0.4) is 0 Å². The van der Waals surface area contributed by atoms with Gasteiger partial charge in [-0.05, 0) is 93.0 Å². The first kappa shape index (κ1) is 17.0. The Morgan fingerprint density at radius 2 is 2.04 bits per heavy atom. The number of hydrogen-bond acceptors (Lipinski definition) is 1. The van der Waals surface area contributed by atoms with Gasteiger partial charge in [-0.2, -0.15) is 0 Å². The average Bonchev–Trinajstić information content (AvgIpc) is 2.87. The fourth-order valence-corrected chi connectivity index (χ4v) is 6.84. The molecule has 3 rings (SSSR count). The van der Waals surface area contributed by atoms with Gasteiger partial charge in [-0.15, -0.1) is 0 Å². The molecular formula is C22H34O. The molecule has 3 aliphatic rings. The Morgan fingerprint density at radius 3 is 2.70 bits per heavy atom. The predicted molar refractivity (Wildman–Crippen MR) is 97.1 cm³/mol. The van der Waals surface area contributed by atoms with E-state index < -0.39 is 0 Å². The highest BCUT2D eigenvalue weighted by Gasteiger charge is 2.55. The van der Waals surface area contributed by atoms with Crippen LogP contribution in [0.1, 0.15) is 72.1 Å². The summed E-state index contributed by atoms with van der Waals surface area (Å²) in [6.07, 6.45) is 13.4. The Kier molecular flexibility index (Phi) is 4.85. The summed E-state index contributed by atoms with van der Waals surface area (Å²) in [6, 6.07) is 0. The van der Waals surface area contributed by atoms with Gasteiger partial charge in [0.25, 0.3) is 0 Å². The van der Waals surface area contributed by atoms with Gasteiger partial charge in [0.2, 0.25) is 0 Å². The van der Waals surface area contributed by atoms with Crippen molar-refractivity contribution < 1.29 is 4.79 Å². The van der Waals surface area contributed by atoms with Gasteiger partial charge in [-0.1, -0.05) is 38.0 Å². The molecule has 0 spiro atoms. The minimum Gasteiger partial charge on any atom is -0.299 e. The van der Waals surface area contributed by atoms with Gasteiger partial charge in [0.15, 0.2) is 0 Å². The molecule has 0 N–H and O–H groups in total. The zero-order valence-corrected chi connectivity index (χ0v) is 15.3. The molecule has 6 atom stereocenters. The van der Waals surface area contributed by atoms with E-state index >= 15 is 0 Å². The first-order chi connectivity index (χ1) is 11.0. The Morgan fingerprint density at radius 1 is 1.26 bits per heavy atom. The van der Waals surface area contributed by atoms with Crippen molar-refractivity contribution in [1.29, 1.82) is 0 Å². The van der Waals surface area contributed by atoms with Crippen LogP contribution in [-0.4, -0.2) is 6.29 Å². The fraction of sp³-hybridized carbons (Fsp3) is 0.773. The first-order valence-corrected chi connectivity index (χ1v) is 9.82. The summed E-state index contributed by atoms with van der Waals surface area (Å²) >= 11 is 0. The number of aldehydes is 1. The van der Waals surface area contributed by atoms with Crippen LogP contribution in [0.2, 0.25) is 0 Å². The monoisotopic (exact) mass is 314 g/mol. The number of allylic oxidation sites excluding steroid dienone is 3. The van der Waals surface area contributed by atoms with Crippen molar-refractivity contribution in [2.24, 2.45) is 35.0 Å². The molecule has 0 saturated heterocycles. The second-order valence-electron chi connectivity index (χ2n) is 8.77. The van der Waals surface area contributed by atoms with E-state index in [9.17, 15) is 4.79 Å². The highest BCUT2D eigenvalue weighted by atomic mass is 16.1. The molecule has 0 aromatic carbocycles. The minimum atomic E-state index is 0.496. The van der Waals surface area contributed by atoms with Gasteiger partial charge in [0.05, 0.1) is 0 Å². The van der Waals surface area contributed by atoms with Crippen LogP contribution in [0.15, 0.2) is 23.8 Å². The van der Waals surface area contributed by atoms with E-state index in [1.807, 2.05) is 6.08 Å². The van der Waals surface area contributed by atoms with Crippen molar-refractivity contribution in [3.63, 3.8) is 0 Å². The third-order valence-electron chi connectivity index (χ3n) is 7.73. The number of rotatable bonds is 4. The van der Waals surface area contributed by atoms with Gasteiger partial charge in [0, 0.05) is 0 Å². The van der Waals surface area contributed by atoms with E-state index in [4.69, 9.17) is 0 Å². The summed E-state index contributed by atoms with van der Waals surface area (Å²) in [5, 5.41) is 0. The topological polar surface area (TPSA) is 17.1 Å². The molecule has 128 valence electrons. The Hall–Kier alpha value is -0.850. The van der Waals surface area contributed by atoms with Crippen LogP contribution >= 0.6 is 0 Å². The van der Waals surface area contributed by atoms with Gasteiger partial charge in [0.1, 0.15) is 6.29 Å². The molecule has 0 aliphatic heterocycles.